The molecule has 0 aromatic heterocycles. The molecule has 0 heterocycles. The average Bonchev–Trinajstić information content (AvgIpc) is 2.47. The Morgan fingerprint density at radius 1 is 0.950 bits per heavy atom. The summed E-state index contributed by atoms with van der Waals surface area (Å²) in [6, 6.07) is 18.6. The fraction of sp³-hybridized carbons (Fsp3) is 0.188. The quantitative estimate of drug-likeness (QED) is 0.638. The topological polar surface area (TPSA) is 35.8 Å². The van der Waals surface area contributed by atoms with E-state index in [4.69, 9.17) is 0 Å². The van der Waals surface area contributed by atoms with E-state index in [2.05, 4.69) is 80.8 Å². The number of benzene rings is 2. The van der Waals surface area contributed by atoms with Crippen LogP contribution in [0.15, 0.2) is 48.5 Å². The fourth-order valence-electron chi connectivity index (χ4n) is 1.91. The van der Waals surface area contributed by atoms with E-state index in [1.165, 1.54) is 12.7 Å². The second-order valence-electron chi connectivity index (χ2n) is 4.44. The molecule has 2 aromatic rings. The maximum Gasteiger partial charge on any atom is 0.121 e. The van der Waals surface area contributed by atoms with Crippen molar-refractivity contribution in [2.45, 2.75) is 12.5 Å². The predicted octanol–water partition coefficient (Wildman–Crippen LogP) is 4.29. The van der Waals surface area contributed by atoms with Gasteiger partial charge in [0.25, 0.3) is 0 Å². The molecule has 2 nitrogen and oxygen atoms in total. The fourth-order valence-corrected chi connectivity index (χ4v) is 2.62. The van der Waals surface area contributed by atoms with Crippen molar-refractivity contribution in [1.29, 1.82) is 5.26 Å². The Hall–Kier alpha value is -0.650. The molecule has 1 N–H and O–H groups in total. The van der Waals surface area contributed by atoms with Crippen LogP contribution in [0.2, 0.25) is 0 Å². The van der Waals surface area contributed by atoms with Gasteiger partial charge in [0.1, 0.15) is 6.04 Å². The Labute approximate surface area is 146 Å². The summed E-state index contributed by atoms with van der Waals surface area (Å²) in [6.45, 7) is 0.796. The lowest BCUT2D eigenvalue weighted by Gasteiger charge is -2.12. The number of hydrogen-bond acceptors (Lipinski definition) is 2. The molecule has 20 heavy (non-hydrogen) atoms. The van der Waals surface area contributed by atoms with Crippen LogP contribution in [-0.4, -0.2) is 6.54 Å². The Morgan fingerprint density at radius 2 is 1.50 bits per heavy atom. The van der Waals surface area contributed by atoms with E-state index in [0.717, 1.165) is 18.5 Å². The van der Waals surface area contributed by atoms with Crippen LogP contribution >= 0.6 is 45.2 Å². The van der Waals surface area contributed by atoms with Crippen LogP contribution in [0.1, 0.15) is 17.2 Å². The lowest BCUT2D eigenvalue weighted by molar-refractivity contribution is 0.629. The standard InChI is InChI=1S/C16H14I2N2/c17-14-5-1-12(2-6-14)9-10-20-16(11-19)13-3-7-15(18)8-4-13/h1-8,16,20H,9-10H2. The normalized spacial score (nSPS) is 11.8. The third kappa shape index (κ3) is 4.72. The molecule has 0 radical (unpaired) electrons. The van der Waals surface area contributed by atoms with E-state index in [1.54, 1.807) is 0 Å². The number of rotatable bonds is 5. The second-order valence-corrected chi connectivity index (χ2v) is 6.94. The highest BCUT2D eigenvalue weighted by Gasteiger charge is 2.08. The zero-order chi connectivity index (χ0) is 14.4. The third-order valence-electron chi connectivity index (χ3n) is 3.01. The van der Waals surface area contributed by atoms with Crippen LogP contribution in [0.4, 0.5) is 0 Å². The number of nitrogens with one attached hydrogen (secondary N) is 1. The highest BCUT2D eigenvalue weighted by atomic mass is 127. The first-order valence-electron chi connectivity index (χ1n) is 6.32. The van der Waals surface area contributed by atoms with Gasteiger partial charge >= 0.3 is 0 Å². The predicted molar refractivity (Wildman–Crippen MR) is 98.4 cm³/mol. The number of nitriles is 1. The molecule has 0 bridgehead atoms. The maximum absolute atomic E-state index is 9.27. The number of halogens is 2. The highest BCUT2D eigenvalue weighted by Crippen LogP contribution is 2.14. The zero-order valence-electron chi connectivity index (χ0n) is 10.8. The molecule has 0 aliphatic carbocycles. The first-order chi connectivity index (χ1) is 9.69. The van der Waals surface area contributed by atoms with Crippen molar-refractivity contribution in [1.82, 2.24) is 5.32 Å². The largest absolute Gasteiger partial charge is 0.298 e. The first-order valence-corrected chi connectivity index (χ1v) is 8.47. The molecule has 0 amide bonds. The summed E-state index contributed by atoms with van der Waals surface area (Å²) < 4.78 is 2.43. The summed E-state index contributed by atoms with van der Waals surface area (Å²) in [5, 5.41) is 12.6. The van der Waals surface area contributed by atoms with Gasteiger partial charge < -0.3 is 0 Å². The summed E-state index contributed by atoms with van der Waals surface area (Å²) in [4.78, 5) is 0. The molecule has 0 saturated carbocycles. The van der Waals surface area contributed by atoms with Crippen molar-refractivity contribution in [3.8, 4) is 6.07 Å². The van der Waals surface area contributed by atoms with Gasteiger partial charge in [0, 0.05) is 13.7 Å². The highest BCUT2D eigenvalue weighted by molar-refractivity contribution is 14.1. The molecule has 1 atom stereocenters. The molecule has 102 valence electrons. The van der Waals surface area contributed by atoms with Crippen LogP contribution < -0.4 is 5.32 Å². The van der Waals surface area contributed by atoms with Crippen LogP contribution in [0.5, 0.6) is 0 Å². The van der Waals surface area contributed by atoms with Gasteiger partial charge in [-0.25, -0.2) is 0 Å². The van der Waals surface area contributed by atoms with Gasteiger partial charge in [-0.05, 0) is 87.0 Å². The molecule has 0 aliphatic heterocycles. The van der Waals surface area contributed by atoms with Crippen LogP contribution in [0.3, 0.4) is 0 Å². The SMILES string of the molecule is N#CC(NCCc1ccc(I)cc1)c1ccc(I)cc1. The van der Waals surface area contributed by atoms with Gasteiger partial charge in [0.15, 0.2) is 0 Å². The molecule has 0 aliphatic rings. The minimum Gasteiger partial charge on any atom is -0.298 e. The third-order valence-corrected chi connectivity index (χ3v) is 4.45. The zero-order valence-corrected chi connectivity index (χ0v) is 15.1. The number of nitrogens with zero attached hydrogens (tertiary/aromatic N) is 1. The van der Waals surface area contributed by atoms with Crippen LogP contribution in [0.25, 0.3) is 0 Å². The maximum atomic E-state index is 9.27. The second kappa shape index (κ2) is 7.96. The summed E-state index contributed by atoms with van der Waals surface area (Å²) in [5.74, 6) is 0. The molecule has 1 unspecified atom stereocenters. The van der Waals surface area contributed by atoms with E-state index in [9.17, 15) is 5.26 Å². The molecule has 2 rings (SSSR count). The van der Waals surface area contributed by atoms with E-state index in [1.807, 2.05) is 24.3 Å². The average molecular weight is 488 g/mol. The monoisotopic (exact) mass is 488 g/mol. The summed E-state index contributed by atoms with van der Waals surface area (Å²) in [6.07, 6.45) is 0.930. The first kappa shape index (κ1) is 15.7. The van der Waals surface area contributed by atoms with Gasteiger partial charge in [-0.15, -0.1) is 0 Å². The minimum absolute atomic E-state index is 0.240. The van der Waals surface area contributed by atoms with Crippen molar-refractivity contribution in [2.24, 2.45) is 0 Å². The molecular formula is C16H14I2N2. The smallest absolute Gasteiger partial charge is 0.121 e. The van der Waals surface area contributed by atoms with Crippen molar-refractivity contribution >= 4 is 45.2 Å². The van der Waals surface area contributed by atoms with Gasteiger partial charge in [-0.2, -0.15) is 5.26 Å². The Balaban J connectivity index is 1.90. The van der Waals surface area contributed by atoms with Crippen molar-refractivity contribution in [2.75, 3.05) is 6.54 Å². The van der Waals surface area contributed by atoms with Crippen LogP contribution in [-0.2, 0) is 6.42 Å². The van der Waals surface area contributed by atoms with Crippen molar-refractivity contribution in [3.63, 3.8) is 0 Å². The van der Waals surface area contributed by atoms with E-state index in [0.29, 0.717) is 0 Å². The summed E-state index contributed by atoms with van der Waals surface area (Å²) >= 11 is 4.57. The Bertz CT molecular complexity index is 585. The van der Waals surface area contributed by atoms with Gasteiger partial charge in [-0.1, -0.05) is 24.3 Å². The molecular weight excluding hydrogens is 474 g/mol. The van der Waals surface area contributed by atoms with Crippen molar-refractivity contribution in [3.05, 3.63) is 66.8 Å². The minimum atomic E-state index is -0.240. The van der Waals surface area contributed by atoms with E-state index in [-0.39, 0.29) is 6.04 Å². The van der Waals surface area contributed by atoms with Gasteiger partial charge in [0.05, 0.1) is 6.07 Å². The van der Waals surface area contributed by atoms with Crippen molar-refractivity contribution < 1.29 is 0 Å². The molecule has 0 spiro atoms. The van der Waals surface area contributed by atoms with E-state index < -0.39 is 0 Å². The lowest BCUT2D eigenvalue weighted by Crippen LogP contribution is -2.22. The Morgan fingerprint density at radius 3 is 2.05 bits per heavy atom. The molecule has 4 heteroatoms. The van der Waals surface area contributed by atoms with E-state index >= 15 is 0 Å². The van der Waals surface area contributed by atoms with Crippen LogP contribution in [0, 0.1) is 18.5 Å². The lowest BCUT2D eigenvalue weighted by atomic mass is 10.1. The van der Waals surface area contributed by atoms with Gasteiger partial charge in [-0.3, -0.25) is 5.32 Å². The Kier molecular flexibility index (Phi) is 6.26. The summed E-state index contributed by atoms with van der Waals surface area (Å²) in [5.41, 5.74) is 2.31. The molecule has 0 saturated heterocycles. The molecule has 2 aromatic carbocycles. The van der Waals surface area contributed by atoms with Gasteiger partial charge in [0.2, 0.25) is 0 Å². The molecule has 0 fully saturated rings. The number of hydrogen-bond donors (Lipinski definition) is 1. The summed E-state index contributed by atoms with van der Waals surface area (Å²) in [7, 11) is 0.